The Morgan fingerprint density at radius 1 is 0.456 bits per heavy atom. The van der Waals surface area contributed by atoms with Crippen molar-refractivity contribution >= 4 is 77.4 Å². The van der Waals surface area contributed by atoms with Crippen molar-refractivity contribution in [2.45, 2.75) is 6.17 Å². The number of fused-ring (bicyclic) bond motifs is 9. The van der Waals surface area contributed by atoms with Crippen molar-refractivity contribution in [1.29, 1.82) is 0 Å². The molecule has 0 saturated carbocycles. The third-order valence-corrected chi connectivity index (χ3v) is 11.3. The van der Waals surface area contributed by atoms with Crippen molar-refractivity contribution in [3.63, 3.8) is 0 Å². The van der Waals surface area contributed by atoms with Gasteiger partial charge in [0.25, 0.3) is 0 Å². The zero-order chi connectivity index (χ0) is 37.5. The van der Waals surface area contributed by atoms with Crippen LogP contribution in [0.25, 0.3) is 82.5 Å². The van der Waals surface area contributed by atoms with E-state index in [-0.39, 0.29) is 6.17 Å². The summed E-state index contributed by atoms with van der Waals surface area (Å²) in [7, 11) is 0. The maximum Gasteiger partial charge on any atom is 0.160 e. The number of hydrogen-bond acceptors (Lipinski definition) is 5. The fourth-order valence-electron chi connectivity index (χ4n) is 8.59. The summed E-state index contributed by atoms with van der Waals surface area (Å²) in [6.07, 6.45) is -0.293. The molecule has 1 atom stereocenters. The van der Waals surface area contributed by atoms with Crippen LogP contribution in [0.15, 0.2) is 201 Å². The molecule has 57 heavy (non-hydrogen) atoms. The van der Waals surface area contributed by atoms with Crippen LogP contribution in [0, 0.1) is 0 Å². The standard InChI is InChI=1S/C51H32N4O2/c1-3-12-31(13-4-1)49-52-50(32-14-5-2-6-15-32)54-51(53-49)39-18-11-21-46-48(39)38-25-24-35(30-47(38)57-46)55-42-19-9-7-16-36(42)40-28-33(22-26-43(40)55)34-23-27-45-41(29-34)37-17-8-10-20-44(37)56-45/h1-30,49H,(H,52,53,54). The van der Waals surface area contributed by atoms with Gasteiger partial charge in [0.15, 0.2) is 5.84 Å². The molecular weight excluding hydrogens is 701 g/mol. The SMILES string of the molecule is c1ccc(C2=NC(c3cccc4oc5cc(-n6c7ccccc7c7cc(-c8ccc9oc%10ccccc%10c9c8)ccc76)ccc5c34)=NC(c3ccccc3)N2)cc1. The normalized spacial score (nSPS) is 14.5. The van der Waals surface area contributed by atoms with Gasteiger partial charge in [-0.3, -0.25) is 0 Å². The molecule has 1 aliphatic rings. The summed E-state index contributed by atoms with van der Waals surface area (Å²) in [4.78, 5) is 10.3. The van der Waals surface area contributed by atoms with Gasteiger partial charge in [-0.25, -0.2) is 9.98 Å². The van der Waals surface area contributed by atoms with Gasteiger partial charge >= 0.3 is 0 Å². The Labute approximate surface area is 326 Å². The minimum absolute atomic E-state index is 0.293. The summed E-state index contributed by atoms with van der Waals surface area (Å²) in [5, 5.41) is 10.2. The first kappa shape index (κ1) is 31.6. The number of furan rings is 2. The van der Waals surface area contributed by atoms with Gasteiger partial charge in [0, 0.05) is 55.2 Å². The highest BCUT2D eigenvalue weighted by molar-refractivity contribution is 6.22. The molecule has 0 bridgehead atoms. The molecule has 4 heterocycles. The predicted molar refractivity (Wildman–Crippen MR) is 233 cm³/mol. The van der Waals surface area contributed by atoms with E-state index in [1.165, 1.54) is 10.8 Å². The van der Waals surface area contributed by atoms with Crippen molar-refractivity contribution in [2.75, 3.05) is 0 Å². The van der Waals surface area contributed by atoms with E-state index in [0.717, 1.165) is 94.3 Å². The lowest BCUT2D eigenvalue weighted by Crippen LogP contribution is -2.33. The Morgan fingerprint density at radius 2 is 1.14 bits per heavy atom. The second kappa shape index (κ2) is 12.4. The first-order chi connectivity index (χ1) is 28.2. The van der Waals surface area contributed by atoms with E-state index in [4.69, 9.17) is 18.8 Å². The molecule has 1 aliphatic heterocycles. The Hall–Kier alpha value is -7.70. The molecule has 1 unspecified atom stereocenters. The highest BCUT2D eigenvalue weighted by Gasteiger charge is 2.24. The van der Waals surface area contributed by atoms with Crippen molar-refractivity contribution in [3.8, 4) is 16.8 Å². The molecule has 1 N–H and O–H groups in total. The van der Waals surface area contributed by atoms with E-state index in [1.54, 1.807) is 0 Å². The highest BCUT2D eigenvalue weighted by atomic mass is 16.3. The molecule has 0 saturated heterocycles. The van der Waals surface area contributed by atoms with Crippen LogP contribution in [0.4, 0.5) is 0 Å². The monoisotopic (exact) mass is 732 g/mol. The van der Waals surface area contributed by atoms with Crippen LogP contribution >= 0.6 is 0 Å². The lowest BCUT2D eigenvalue weighted by Gasteiger charge is -2.23. The maximum absolute atomic E-state index is 6.67. The zero-order valence-electron chi connectivity index (χ0n) is 30.6. The summed E-state index contributed by atoms with van der Waals surface area (Å²) >= 11 is 0. The third-order valence-electron chi connectivity index (χ3n) is 11.3. The van der Waals surface area contributed by atoms with E-state index in [0.29, 0.717) is 5.84 Å². The third kappa shape index (κ3) is 5.04. The number of amidine groups is 2. The molecule has 0 radical (unpaired) electrons. The topological polar surface area (TPSA) is 68.0 Å². The fraction of sp³-hybridized carbons (Fsp3) is 0.0196. The predicted octanol–water partition coefficient (Wildman–Crippen LogP) is 12.7. The summed E-state index contributed by atoms with van der Waals surface area (Å²) < 4.78 is 15.1. The van der Waals surface area contributed by atoms with E-state index in [1.807, 2.05) is 60.7 Å². The molecule has 268 valence electrons. The Morgan fingerprint density at radius 3 is 2.02 bits per heavy atom. The molecule has 0 spiro atoms. The first-order valence-corrected chi connectivity index (χ1v) is 19.2. The smallest absolute Gasteiger partial charge is 0.160 e. The summed E-state index contributed by atoms with van der Waals surface area (Å²) in [5.41, 5.74) is 12.0. The van der Waals surface area contributed by atoms with Gasteiger partial charge in [0.1, 0.15) is 34.3 Å². The van der Waals surface area contributed by atoms with Gasteiger partial charge in [0.05, 0.1) is 11.0 Å². The Bertz CT molecular complexity index is 3440. The van der Waals surface area contributed by atoms with Crippen LogP contribution in [0.1, 0.15) is 22.9 Å². The number of aromatic nitrogens is 1. The molecular formula is C51H32N4O2. The largest absolute Gasteiger partial charge is 0.456 e. The molecule has 6 nitrogen and oxygen atoms in total. The van der Waals surface area contributed by atoms with E-state index in [9.17, 15) is 0 Å². The maximum atomic E-state index is 6.67. The highest BCUT2D eigenvalue weighted by Crippen LogP contribution is 2.39. The molecule has 11 aromatic rings. The van der Waals surface area contributed by atoms with Crippen molar-refractivity contribution in [3.05, 3.63) is 199 Å². The average molecular weight is 733 g/mol. The molecule has 12 rings (SSSR count). The van der Waals surface area contributed by atoms with Gasteiger partial charge in [-0.2, -0.15) is 0 Å². The number of rotatable bonds is 5. The number of hydrogen-bond donors (Lipinski definition) is 1. The van der Waals surface area contributed by atoms with Crippen LogP contribution in [-0.2, 0) is 0 Å². The number of para-hydroxylation sites is 2. The van der Waals surface area contributed by atoms with Crippen LogP contribution in [0.2, 0.25) is 0 Å². The molecule has 6 heteroatoms. The summed E-state index contributed by atoms with van der Waals surface area (Å²) in [6.45, 7) is 0. The van der Waals surface area contributed by atoms with E-state index in [2.05, 4.69) is 131 Å². The molecule has 0 fully saturated rings. The van der Waals surface area contributed by atoms with E-state index >= 15 is 0 Å². The number of nitrogens with zero attached hydrogens (tertiary/aromatic N) is 3. The Balaban J connectivity index is 0.991. The van der Waals surface area contributed by atoms with Gasteiger partial charge in [-0.1, -0.05) is 121 Å². The lowest BCUT2D eigenvalue weighted by molar-refractivity contribution is 0.668. The summed E-state index contributed by atoms with van der Waals surface area (Å²) in [5.74, 6) is 1.45. The minimum Gasteiger partial charge on any atom is -0.456 e. The second-order valence-corrected chi connectivity index (χ2v) is 14.6. The van der Waals surface area contributed by atoms with Gasteiger partial charge in [-0.15, -0.1) is 0 Å². The van der Waals surface area contributed by atoms with Crippen LogP contribution in [0.3, 0.4) is 0 Å². The van der Waals surface area contributed by atoms with Crippen LogP contribution in [0.5, 0.6) is 0 Å². The average Bonchev–Trinajstić information content (AvgIpc) is 3.95. The summed E-state index contributed by atoms with van der Waals surface area (Å²) in [6, 6.07) is 63.3. The van der Waals surface area contributed by atoms with Crippen molar-refractivity contribution in [1.82, 2.24) is 9.88 Å². The Kier molecular flexibility index (Phi) is 6.89. The quantitative estimate of drug-likeness (QED) is 0.192. The molecule has 3 aromatic heterocycles. The second-order valence-electron chi connectivity index (χ2n) is 14.6. The minimum atomic E-state index is -0.293. The van der Waals surface area contributed by atoms with Gasteiger partial charge in [-0.05, 0) is 71.3 Å². The fourth-order valence-corrected chi connectivity index (χ4v) is 8.59. The van der Waals surface area contributed by atoms with Crippen molar-refractivity contribution < 1.29 is 8.83 Å². The lowest BCUT2D eigenvalue weighted by atomic mass is 10.0. The zero-order valence-corrected chi connectivity index (χ0v) is 30.6. The number of benzene rings is 8. The van der Waals surface area contributed by atoms with Crippen LogP contribution in [-0.4, -0.2) is 16.2 Å². The first-order valence-electron chi connectivity index (χ1n) is 19.2. The van der Waals surface area contributed by atoms with Crippen molar-refractivity contribution in [2.24, 2.45) is 9.98 Å². The van der Waals surface area contributed by atoms with Crippen LogP contribution < -0.4 is 5.32 Å². The number of aliphatic imine (C=N–C) groups is 2. The van der Waals surface area contributed by atoms with E-state index < -0.39 is 0 Å². The molecule has 8 aromatic carbocycles. The number of nitrogens with one attached hydrogen (secondary N) is 1. The van der Waals surface area contributed by atoms with Gasteiger partial charge < -0.3 is 18.7 Å². The van der Waals surface area contributed by atoms with Gasteiger partial charge in [0.2, 0.25) is 0 Å². The molecule has 0 amide bonds. The molecule has 0 aliphatic carbocycles.